The van der Waals surface area contributed by atoms with Crippen LogP contribution >= 0.6 is 0 Å². The third kappa shape index (κ3) is 2.62. The van der Waals surface area contributed by atoms with Crippen molar-refractivity contribution in [1.29, 1.82) is 0 Å². The van der Waals surface area contributed by atoms with E-state index in [1.54, 1.807) is 0 Å². The average Bonchev–Trinajstić information content (AvgIpc) is 3.32. The van der Waals surface area contributed by atoms with Crippen LogP contribution in [0.4, 0.5) is 4.79 Å². The summed E-state index contributed by atoms with van der Waals surface area (Å²) in [5, 5.41) is 0. The van der Waals surface area contributed by atoms with Crippen LogP contribution in [-0.2, 0) is 11.2 Å². The lowest BCUT2D eigenvalue weighted by molar-refractivity contribution is 0.0605. The Kier molecular flexibility index (Phi) is 3.96. The number of furan rings is 1. The van der Waals surface area contributed by atoms with E-state index in [9.17, 15) is 9.59 Å². The number of aryl methyl sites for hydroxylation is 2. The van der Waals surface area contributed by atoms with E-state index < -0.39 is 0 Å². The monoisotopic (exact) mass is 380 g/mol. The van der Waals surface area contributed by atoms with Crippen LogP contribution in [0.25, 0.3) is 0 Å². The van der Waals surface area contributed by atoms with Gasteiger partial charge in [-0.15, -0.1) is 0 Å². The number of fused-ring (bicyclic) bond motifs is 3. The summed E-state index contributed by atoms with van der Waals surface area (Å²) in [6.07, 6.45) is 2.00. The molecule has 1 aromatic carbocycles. The molecule has 0 spiro atoms. The molecule has 3 heterocycles. The molecule has 5 rings (SSSR count). The lowest BCUT2D eigenvalue weighted by Crippen LogP contribution is -2.47. The summed E-state index contributed by atoms with van der Waals surface area (Å²) < 4.78 is 11.3. The number of benzene rings is 1. The van der Waals surface area contributed by atoms with Crippen molar-refractivity contribution in [2.45, 2.75) is 51.3 Å². The highest BCUT2D eigenvalue weighted by Gasteiger charge is 2.50. The Bertz CT molecular complexity index is 922. The topological polar surface area (TPSA) is 63.0 Å². The molecule has 2 atom stereocenters. The number of carbonyl (C=O) groups excluding carboxylic acids is 2. The average molecular weight is 380 g/mol. The van der Waals surface area contributed by atoms with Gasteiger partial charge in [-0.3, -0.25) is 9.69 Å². The number of hydrogen-bond acceptors (Lipinski definition) is 4. The first kappa shape index (κ1) is 17.3. The van der Waals surface area contributed by atoms with Crippen molar-refractivity contribution in [3.63, 3.8) is 0 Å². The maximum absolute atomic E-state index is 12.7. The van der Waals surface area contributed by atoms with Gasteiger partial charge in [0.2, 0.25) is 0 Å². The Labute approximate surface area is 164 Å². The van der Waals surface area contributed by atoms with Crippen LogP contribution in [0.2, 0.25) is 0 Å². The minimum atomic E-state index is -0.216. The SMILES string of the molecule is Cc1cc(C(=O)N2CCC(N3C(=O)O[C@H]4Cc5ccccc5[C@H]43)CC2)oc1C. The molecule has 0 N–H and O–H groups in total. The normalized spacial score (nSPS) is 24.3. The molecule has 2 saturated heterocycles. The summed E-state index contributed by atoms with van der Waals surface area (Å²) in [5.74, 6) is 1.12. The number of carbonyl (C=O) groups is 2. The first-order valence-corrected chi connectivity index (χ1v) is 9.96. The standard InChI is InChI=1S/C22H24N2O4/c1-13-11-19(27-14(13)2)21(25)23-9-7-16(8-10-23)24-20-17-6-4-3-5-15(17)12-18(20)28-22(24)26/h3-6,11,16,18,20H,7-10,12H2,1-2H3/t18-,20+/m0/s1. The fourth-order valence-corrected chi connectivity index (χ4v) is 4.83. The Morgan fingerprint density at radius 3 is 2.61 bits per heavy atom. The van der Waals surface area contributed by atoms with E-state index >= 15 is 0 Å². The Balaban J connectivity index is 1.30. The molecule has 2 aromatic rings. The molecule has 0 saturated carbocycles. The molecule has 28 heavy (non-hydrogen) atoms. The molecule has 0 unspecified atom stereocenters. The quantitative estimate of drug-likeness (QED) is 0.798. The summed E-state index contributed by atoms with van der Waals surface area (Å²) in [4.78, 5) is 29.1. The molecule has 146 valence electrons. The van der Waals surface area contributed by atoms with E-state index in [1.165, 1.54) is 11.1 Å². The second-order valence-corrected chi connectivity index (χ2v) is 8.05. The highest BCUT2D eigenvalue weighted by atomic mass is 16.6. The zero-order chi connectivity index (χ0) is 19.4. The first-order valence-electron chi connectivity index (χ1n) is 9.96. The van der Waals surface area contributed by atoms with Crippen LogP contribution in [0.5, 0.6) is 0 Å². The van der Waals surface area contributed by atoms with Crippen LogP contribution in [0.15, 0.2) is 34.7 Å². The maximum atomic E-state index is 12.7. The molecule has 1 aliphatic carbocycles. The zero-order valence-electron chi connectivity index (χ0n) is 16.2. The lowest BCUT2D eigenvalue weighted by atomic mass is 9.99. The van der Waals surface area contributed by atoms with Crippen molar-refractivity contribution >= 4 is 12.0 Å². The van der Waals surface area contributed by atoms with E-state index in [4.69, 9.17) is 9.15 Å². The van der Waals surface area contributed by atoms with Gasteiger partial charge in [-0.05, 0) is 49.4 Å². The Morgan fingerprint density at radius 2 is 1.89 bits per heavy atom. The molecule has 2 fully saturated rings. The van der Waals surface area contributed by atoms with Crippen LogP contribution < -0.4 is 0 Å². The van der Waals surface area contributed by atoms with Crippen molar-refractivity contribution in [3.8, 4) is 0 Å². The molecule has 2 amide bonds. The number of amides is 2. The smallest absolute Gasteiger partial charge is 0.411 e. The Hall–Kier alpha value is -2.76. The predicted molar refractivity (Wildman–Crippen MR) is 102 cm³/mol. The number of piperidine rings is 1. The summed E-state index contributed by atoms with van der Waals surface area (Å²) >= 11 is 0. The van der Waals surface area contributed by atoms with Gasteiger partial charge in [0.15, 0.2) is 5.76 Å². The van der Waals surface area contributed by atoms with Gasteiger partial charge >= 0.3 is 6.09 Å². The molecule has 6 heteroatoms. The largest absolute Gasteiger partial charge is 0.456 e. The molecule has 1 aromatic heterocycles. The van der Waals surface area contributed by atoms with E-state index in [-0.39, 0.29) is 30.2 Å². The van der Waals surface area contributed by atoms with Gasteiger partial charge in [-0.25, -0.2) is 4.79 Å². The van der Waals surface area contributed by atoms with Gasteiger partial charge in [-0.2, -0.15) is 0 Å². The van der Waals surface area contributed by atoms with Crippen molar-refractivity contribution in [2.75, 3.05) is 13.1 Å². The van der Waals surface area contributed by atoms with Crippen LogP contribution in [-0.4, -0.2) is 47.0 Å². The number of nitrogens with zero attached hydrogens (tertiary/aromatic N) is 2. The number of likely N-dealkylation sites (tertiary alicyclic amines) is 1. The van der Waals surface area contributed by atoms with Crippen molar-refractivity contribution < 1.29 is 18.7 Å². The molecule has 0 bridgehead atoms. The highest BCUT2D eigenvalue weighted by molar-refractivity contribution is 5.92. The third-order valence-electron chi connectivity index (χ3n) is 6.43. The molecule has 3 aliphatic rings. The fraction of sp³-hybridized carbons (Fsp3) is 0.455. The van der Waals surface area contributed by atoms with Gasteiger partial charge in [0.25, 0.3) is 5.91 Å². The summed E-state index contributed by atoms with van der Waals surface area (Å²) in [6, 6.07) is 10.2. The maximum Gasteiger partial charge on any atom is 0.411 e. The summed E-state index contributed by atoms with van der Waals surface area (Å²) in [6.45, 7) is 5.04. The van der Waals surface area contributed by atoms with Crippen LogP contribution in [0.3, 0.4) is 0 Å². The van der Waals surface area contributed by atoms with Gasteiger partial charge in [0, 0.05) is 25.6 Å². The molecular weight excluding hydrogens is 356 g/mol. The minimum Gasteiger partial charge on any atom is -0.456 e. The zero-order valence-corrected chi connectivity index (χ0v) is 16.2. The molecular formula is C22H24N2O4. The Morgan fingerprint density at radius 1 is 1.14 bits per heavy atom. The van der Waals surface area contributed by atoms with Crippen molar-refractivity contribution in [2.24, 2.45) is 0 Å². The third-order valence-corrected chi connectivity index (χ3v) is 6.43. The number of ether oxygens (including phenoxy) is 1. The van der Waals surface area contributed by atoms with Crippen molar-refractivity contribution in [1.82, 2.24) is 9.80 Å². The fourth-order valence-electron chi connectivity index (χ4n) is 4.83. The second kappa shape index (κ2) is 6.40. The summed E-state index contributed by atoms with van der Waals surface area (Å²) in [5.41, 5.74) is 3.47. The molecule has 0 radical (unpaired) electrons. The van der Waals surface area contributed by atoms with E-state index in [1.807, 2.05) is 41.8 Å². The number of hydrogen-bond donors (Lipinski definition) is 0. The van der Waals surface area contributed by atoms with Gasteiger partial charge < -0.3 is 14.1 Å². The molecule has 2 aliphatic heterocycles. The van der Waals surface area contributed by atoms with E-state index in [0.717, 1.165) is 30.6 Å². The van der Waals surface area contributed by atoms with Gasteiger partial charge in [0.05, 0.1) is 6.04 Å². The predicted octanol–water partition coefficient (Wildman–Crippen LogP) is 3.62. The summed E-state index contributed by atoms with van der Waals surface area (Å²) in [7, 11) is 0. The number of rotatable bonds is 2. The van der Waals surface area contributed by atoms with Crippen LogP contribution in [0, 0.1) is 13.8 Å². The lowest BCUT2D eigenvalue weighted by Gasteiger charge is -2.37. The molecule has 6 nitrogen and oxygen atoms in total. The second-order valence-electron chi connectivity index (χ2n) is 8.05. The van der Waals surface area contributed by atoms with E-state index in [0.29, 0.717) is 18.8 Å². The van der Waals surface area contributed by atoms with E-state index in [2.05, 4.69) is 12.1 Å². The first-order chi connectivity index (χ1) is 13.5. The minimum absolute atomic E-state index is 0.00586. The van der Waals surface area contributed by atoms with Crippen molar-refractivity contribution in [3.05, 3.63) is 58.5 Å². The van der Waals surface area contributed by atoms with Crippen LogP contribution in [0.1, 0.15) is 51.9 Å². The highest BCUT2D eigenvalue weighted by Crippen LogP contribution is 2.44. The van der Waals surface area contributed by atoms with Gasteiger partial charge in [-0.1, -0.05) is 24.3 Å². The van der Waals surface area contributed by atoms with Gasteiger partial charge in [0.1, 0.15) is 11.9 Å².